The molecule has 0 radical (unpaired) electrons. The van der Waals surface area contributed by atoms with Gasteiger partial charge in [0, 0.05) is 17.8 Å². The number of para-hydroxylation sites is 1. The van der Waals surface area contributed by atoms with Crippen LogP contribution in [0.2, 0.25) is 0 Å². The lowest BCUT2D eigenvalue weighted by Gasteiger charge is -2.15. The van der Waals surface area contributed by atoms with Gasteiger partial charge in [-0.15, -0.1) is 0 Å². The van der Waals surface area contributed by atoms with E-state index in [1.54, 1.807) is 25.1 Å². The van der Waals surface area contributed by atoms with Crippen LogP contribution in [-0.4, -0.2) is 11.2 Å². The third-order valence-electron chi connectivity index (χ3n) is 3.18. The molecule has 21 heavy (non-hydrogen) atoms. The van der Waals surface area contributed by atoms with Crippen LogP contribution in [0, 0.1) is 19.1 Å². The zero-order chi connectivity index (χ0) is 15.4. The molecule has 1 aromatic heterocycles. The molecule has 0 fully saturated rings. The van der Waals surface area contributed by atoms with Gasteiger partial charge in [0.15, 0.2) is 6.20 Å². The van der Waals surface area contributed by atoms with E-state index in [9.17, 15) is 10.0 Å². The van der Waals surface area contributed by atoms with Crippen LogP contribution in [-0.2, 0) is 4.79 Å². The molecule has 0 aliphatic heterocycles. The number of carbonyl (C=O) groups excluding carboxylic acids is 1. The van der Waals surface area contributed by atoms with Gasteiger partial charge >= 0.3 is 0 Å². The molecular formula is C16H18N2O2S. The largest absolute Gasteiger partial charge is 0.618 e. The van der Waals surface area contributed by atoms with Crippen molar-refractivity contribution in [2.45, 2.75) is 31.0 Å². The van der Waals surface area contributed by atoms with Crippen LogP contribution < -0.4 is 10.0 Å². The molecule has 0 aliphatic rings. The van der Waals surface area contributed by atoms with Crippen LogP contribution in [0.15, 0.2) is 47.6 Å². The standard InChI is InChI=1S/C16H18N2O2S/c1-11-7-6-8-12(2)15(11)17-16(19)13(3)21-14-9-4-5-10-18(14)20/h4-10,13H,1-3H3,(H,17,19)/t13-/m0/s1. The zero-order valence-corrected chi connectivity index (χ0v) is 13.1. The van der Waals surface area contributed by atoms with Gasteiger partial charge < -0.3 is 10.5 Å². The van der Waals surface area contributed by atoms with Gasteiger partial charge in [-0.1, -0.05) is 18.2 Å². The van der Waals surface area contributed by atoms with E-state index in [2.05, 4.69) is 5.32 Å². The number of aromatic nitrogens is 1. The van der Waals surface area contributed by atoms with Crippen LogP contribution in [0.3, 0.4) is 0 Å². The van der Waals surface area contributed by atoms with E-state index in [4.69, 9.17) is 0 Å². The van der Waals surface area contributed by atoms with Crippen molar-refractivity contribution in [3.8, 4) is 0 Å². The Morgan fingerprint density at radius 2 is 1.86 bits per heavy atom. The first-order chi connectivity index (χ1) is 9.99. The summed E-state index contributed by atoms with van der Waals surface area (Å²) in [4.78, 5) is 12.3. The number of pyridine rings is 1. The molecule has 1 aromatic carbocycles. The van der Waals surface area contributed by atoms with Gasteiger partial charge in [-0.3, -0.25) is 4.79 Å². The Bertz CT molecular complexity index is 638. The van der Waals surface area contributed by atoms with E-state index in [1.165, 1.54) is 18.0 Å². The van der Waals surface area contributed by atoms with Crippen molar-refractivity contribution < 1.29 is 9.52 Å². The highest BCUT2D eigenvalue weighted by atomic mass is 32.2. The minimum atomic E-state index is -0.355. The molecule has 1 atom stereocenters. The third-order valence-corrected chi connectivity index (χ3v) is 4.31. The summed E-state index contributed by atoms with van der Waals surface area (Å²) in [6.07, 6.45) is 1.43. The Balaban J connectivity index is 2.08. The van der Waals surface area contributed by atoms with Crippen molar-refractivity contribution in [3.05, 3.63) is 58.9 Å². The van der Waals surface area contributed by atoms with E-state index in [0.717, 1.165) is 21.5 Å². The Hall–Kier alpha value is -2.01. The number of nitrogens with zero attached hydrogens (tertiary/aromatic N) is 1. The molecule has 1 N–H and O–H groups in total. The van der Waals surface area contributed by atoms with Crippen LogP contribution >= 0.6 is 11.8 Å². The highest BCUT2D eigenvalue weighted by molar-refractivity contribution is 8.00. The number of amides is 1. The number of carbonyl (C=O) groups is 1. The maximum absolute atomic E-state index is 12.3. The number of benzene rings is 1. The number of thioether (sulfide) groups is 1. The summed E-state index contributed by atoms with van der Waals surface area (Å²) in [6, 6.07) is 11.0. The summed E-state index contributed by atoms with van der Waals surface area (Å²) in [5.41, 5.74) is 2.90. The predicted octanol–water partition coefficient (Wildman–Crippen LogP) is 3.06. The van der Waals surface area contributed by atoms with Crippen LogP contribution in [0.4, 0.5) is 5.69 Å². The molecule has 0 bridgehead atoms. The molecule has 1 heterocycles. The van der Waals surface area contributed by atoms with Crippen LogP contribution in [0.1, 0.15) is 18.1 Å². The average molecular weight is 302 g/mol. The fraction of sp³-hybridized carbons (Fsp3) is 0.250. The van der Waals surface area contributed by atoms with Gasteiger partial charge in [-0.2, -0.15) is 4.73 Å². The molecule has 2 aromatic rings. The van der Waals surface area contributed by atoms with Crippen molar-refractivity contribution in [1.82, 2.24) is 0 Å². The SMILES string of the molecule is Cc1cccc(C)c1NC(=O)[C@H](C)Sc1cccc[n+]1[O-]. The Morgan fingerprint density at radius 3 is 2.48 bits per heavy atom. The lowest BCUT2D eigenvalue weighted by atomic mass is 10.1. The molecule has 0 spiro atoms. The van der Waals surface area contributed by atoms with E-state index < -0.39 is 0 Å². The second-order valence-corrected chi connectivity index (χ2v) is 6.24. The average Bonchev–Trinajstić information content (AvgIpc) is 2.45. The highest BCUT2D eigenvalue weighted by Crippen LogP contribution is 2.23. The highest BCUT2D eigenvalue weighted by Gasteiger charge is 2.19. The lowest BCUT2D eigenvalue weighted by molar-refractivity contribution is -0.645. The Labute approximate surface area is 128 Å². The first-order valence-electron chi connectivity index (χ1n) is 6.71. The first-order valence-corrected chi connectivity index (χ1v) is 7.59. The summed E-state index contributed by atoms with van der Waals surface area (Å²) in [5.74, 6) is -0.110. The molecule has 0 aliphatic carbocycles. The second-order valence-electron chi connectivity index (χ2n) is 4.88. The summed E-state index contributed by atoms with van der Waals surface area (Å²) < 4.78 is 0.771. The third kappa shape index (κ3) is 3.76. The molecule has 4 nitrogen and oxygen atoms in total. The number of hydrogen-bond acceptors (Lipinski definition) is 3. The lowest BCUT2D eigenvalue weighted by Crippen LogP contribution is -2.30. The van der Waals surface area contributed by atoms with Gasteiger partial charge in [0.25, 0.3) is 5.03 Å². The molecule has 5 heteroatoms. The monoisotopic (exact) mass is 302 g/mol. The van der Waals surface area contributed by atoms with Crippen molar-refractivity contribution in [2.24, 2.45) is 0 Å². The predicted molar refractivity (Wildman–Crippen MR) is 85.3 cm³/mol. The van der Waals surface area contributed by atoms with E-state index in [1.807, 2.05) is 32.0 Å². The first kappa shape index (κ1) is 15.4. The van der Waals surface area contributed by atoms with Crippen molar-refractivity contribution >= 4 is 23.4 Å². The van der Waals surface area contributed by atoms with Gasteiger partial charge in [-0.05, 0) is 49.7 Å². The summed E-state index contributed by atoms with van der Waals surface area (Å²) >= 11 is 1.25. The van der Waals surface area contributed by atoms with Gasteiger partial charge in [0.2, 0.25) is 5.91 Å². The molecule has 110 valence electrons. The topological polar surface area (TPSA) is 56.0 Å². The minimum absolute atomic E-state index is 0.110. The smallest absolute Gasteiger partial charge is 0.252 e. The number of hydrogen-bond donors (Lipinski definition) is 1. The molecule has 2 rings (SSSR count). The number of rotatable bonds is 4. The number of anilines is 1. The Morgan fingerprint density at radius 1 is 1.19 bits per heavy atom. The number of aryl methyl sites for hydroxylation is 2. The van der Waals surface area contributed by atoms with Gasteiger partial charge in [0.05, 0.1) is 5.25 Å². The Kier molecular flexibility index (Phi) is 4.85. The normalized spacial score (nSPS) is 12.0. The maximum atomic E-state index is 12.3. The van der Waals surface area contributed by atoms with Gasteiger partial charge in [-0.25, -0.2) is 0 Å². The molecule has 0 unspecified atom stereocenters. The van der Waals surface area contributed by atoms with E-state index in [-0.39, 0.29) is 11.2 Å². The van der Waals surface area contributed by atoms with E-state index >= 15 is 0 Å². The summed E-state index contributed by atoms with van der Waals surface area (Å²) in [5, 5.41) is 14.7. The van der Waals surface area contributed by atoms with Crippen LogP contribution in [0.25, 0.3) is 0 Å². The van der Waals surface area contributed by atoms with Crippen molar-refractivity contribution in [3.63, 3.8) is 0 Å². The fourth-order valence-electron chi connectivity index (χ4n) is 1.97. The quantitative estimate of drug-likeness (QED) is 0.536. The minimum Gasteiger partial charge on any atom is -0.618 e. The van der Waals surface area contributed by atoms with Crippen LogP contribution in [0.5, 0.6) is 0 Å². The second kappa shape index (κ2) is 6.63. The summed E-state index contributed by atoms with van der Waals surface area (Å²) in [6.45, 7) is 5.72. The van der Waals surface area contributed by atoms with Gasteiger partial charge in [0.1, 0.15) is 0 Å². The maximum Gasteiger partial charge on any atom is 0.252 e. The molecular weight excluding hydrogens is 284 g/mol. The number of nitrogens with one attached hydrogen (secondary N) is 1. The fourth-order valence-corrected chi connectivity index (χ4v) is 2.83. The van der Waals surface area contributed by atoms with E-state index in [0.29, 0.717) is 5.03 Å². The molecule has 0 saturated heterocycles. The van der Waals surface area contributed by atoms with Crippen molar-refractivity contribution in [2.75, 3.05) is 5.32 Å². The summed E-state index contributed by atoms with van der Waals surface area (Å²) in [7, 11) is 0. The van der Waals surface area contributed by atoms with Crippen molar-refractivity contribution in [1.29, 1.82) is 0 Å². The zero-order valence-electron chi connectivity index (χ0n) is 12.3. The molecule has 1 amide bonds. The molecule has 0 saturated carbocycles.